The van der Waals surface area contributed by atoms with Crippen LogP contribution in [0.5, 0.6) is 23.0 Å². The van der Waals surface area contributed by atoms with Crippen LogP contribution >= 0.6 is 0 Å². The maximum Gasteiger partial charge on any atom is 0.251 e. The lowest BCUT2D eigenvalue weighted by Gasteiger charge is -2.32. The number of amides is 2. The van der Waals surface area contributed by atoms with E-state index in [4.69, 9.17) is 18.9 Å². The van der Waals surface area contributed by atoms with E-state index in [2.05, 4.69) is 15.6 Å². The van der Waals surface area contributed by atoms with Gasteiger partial charge >= 0.3 is 0 Å². The number of benzene rings is 4. The highest BCUT2D eigenvalue weighted by atomic mass is 16.7. The second kappa shape index (κ2) is 12.1. The maximum atomic E-state index is 14.3. The lowest BCUT2D eigenvalue weighted by Crippen LogP contribution is -2.42. The van der Waals surface area contributed by atoms with Gasteiger partial charge in [0.1, 0.15) is 29.6 Å². The Morgan fingerprint density at radius 3 is 2.53 bits per heavy atom. The Labute approximate surface area is 247 Å². The molecule has 1 aliphatic rings. The van der Waals surface area contributed by atoms with E-state index in [1.165, 1.54) is 16.7 Å². The van der Waals surface area contributed by atoms with Crippen LogP contribution in [-0.4, -0.2) is 52.7 Å². The number of carbonyl (C=O) groups is 2. The zero-order valence-corrected chi connectivity index (χ0v) is 23.6. The summed E-state index contributed by atoms with van der Waals surface area (Å²) in [5, 5.41) is 11.4. The van der Waals surface area contributed by atoms with Crippen LogP contribution < -0.4 is 24.3 Å². The number of nitrogens with one attached hydrogen (secondary N) is 1. The van der Waals surface area contributed by atoms with E-state index in [0.717, 1.165) is 5.56 Å². The molecule has 11 nitrogen and oxygen atoms in total. The van der Waals surface area contributed by atoms with Crippen molar-refractivity contribution in [3.8, 4) is 23.0 Å². The zero-order chi connectivity index (χ0) is 29.8. The number of anilines is 1. The van der Waals surface area contributed by atoms with Crippen LogP contribution in [0.1, 0.15) is 17.2 Å². The summed E-state index contributed by atoms with van der Waals surface area (Å²) in [6.45, 7) is 0.0941. The highest BCUT2D eigenvalue weighted by Crippen LogP contribution is 2.37. The third kappa shape index (κ3) is 5.78. The van der Waals surface area contributed by atoms with Crippen LogP contribution in [0.25, 0.3) is 11.0 Å². The number of hydrogen-bond donors (Lipinski definition) is 1. The molecule has 0 spiro atoms. The molecule has 0 saturated heterocycles. The minimum Gasteiger partial charge on any atom is -0.497 e. The molecule has 6 rings (SSSR count). The lowest BCUT2D eigenvalue weighted by atomic mass is 10.0. The summed E-state index contributed by atoms with van der Waals surface area (Å²) in [5.41, 5.74) is 3.19. The van der Waals surface area contributed by atoms with Crippen molar-refractivity contribution in [2.75, 3.05) is 26.3 Å². The van der Waals surface area contributed by atoms with Gasteiger partial charge in [0.15, 0.2) is 11.5 Å². The second-order valence-electron chi connectivity index (χ2n) is 9.81. The number of fused-ring (bicyclic) bond motifs is 2. The van der Waals surface area contributed by atoms with Crippen LogP contribution in [0.2, 0.25) is 0 Å². The first kappa shape index (κ1) is 27.6. The summed E-state index contributed by atoms with van der Waals surface area (Å²) >= 11 is 0. The molecule has 1 aliphatic heterocycles. The first-order chi connectivity index (χ1) is 21.0. The molecule has 1 aromatic heterocycles. The summed E-state index contributed by atoms with van der Waals surface area (Å²) in [5.74, 6) is 1.26. The van der Waals surface area contributed by atoms with E-state index in [0.29, 0.717) is 45.3 Å². The van der Waals surface area contributed by atoms with Gasteiger partial charge in [-0.3, -0.25) is 9.59 Å². The van der Waals surface area contributed by atoms with Gasteiger partial charge < -0.3 is 29.2 Å². The van der Waals surface area contributed by atoms with Gasteiger partial charge in [-0.25, -0.2) is 4.68 Å². The van der Waals surface area contributed by atoms with Crippen molar-refractivity contribution in [3.05, 3.63) is 102 Å². The Balaban J connectivity index is 1.42. The number of ether oxygens (including phenoxy) is 4. The van der Waals surface area contributed by atoms with Crippen molar-refractivity contribution in [2.24, 2.45) is 0 Å². The Kier molecular flexibility index (Phi) is 7.77. The number of hydrogen-bond acceptors (Lipinski definition) is 8. The Morgan fingerprint density at radius 2 is 1.72 bits per heavy atom. The largest absolute Gasteiger partial charge is 0.497 e. The molecule has 4 aromatic carbocycles. The van der Waals surface area contributed by atoms with E-state index in [9.17, 15) is 9.59 Å². The molecule has 2 heterocycles. The fourth-order valence-corrected chi connectivity index (χ4v) is 5.02. The molecule has 43 heavy (non-hydrogen) atoms. The molecular formula is C32H29N5O6. The molecular weight excluding hydrogens is 550 g/mol. The van der Waals surface area contributed by atoms with Gasteiger partial charge in [0.25, 0.3) is 5.91 Å². The fourth-order valence-electron chi connectivity index (χ4n) is 5.02. The highest BCUT2D eigenvalue weighted by Gasteiger charge is 2.34. The van der Waals surface area contributed by atoms with Crippen molar-refractivity contribution in [1.29, 1.82) is 0 Å². The first-order valence-electron chi connectivity index (χ1n) is 13.6. The van der Waals surface area contributed by atoms with E-state index in [1.807, 2.05) is 54.6 Å². The standard InChI is InChI=1S/C32H29N5O6/c1-40-23-13-14-25(28(17-23)41-2)33-32(39)31(22-12-15-27-29(16-22)43-20-42-27)36(18-21-8-4-3-5-9-21)30(38)19-37-26-11-7-6-10-24(26)34-35-37/h3-17,31H,18-20H2,1-2H3,(H,33,39). The van der Waals surface area contributed by atoms with Gasteiger partial charge in [-0.15, -0.1) is 5.10 Å². The van der Waals surface area contributed by atoms with Crippen molar-refractivity contribution >= 4 is 28.5 Å². The topological polar surface area (TPSA) is 117 Å². The van der Waals surface area contributed by atoms with E-state index < -0.39 is 11.9 Å². The molecule has 5 aromatic rings. The Hall–Kier alpha value is -5.58. The number of methoxy groups -OCH3 is 2. The summed E-state index contributed by atoms with van der Waals surface area (Å²) in [6.07, 6.45) is 0. The quantitative estimate of drug-likeness (QED) is 0.256. The van der Waals surface area contributed by atoms with Crippen molar-refractivity contribution in [2.45, 2.75) is 19.1 Å². The van der Waals surface area contributed by atoms with Crippen LogP contribution in [0.3, 0.4) is 0 Å². The van der Waals surface area contributed by atoms with Crippen molar-refractivity contribution in [1.82, 2.24) is 19.9 Å². The fraction of sp³-hybridized carbons (Fsp3) is 0.188. The van der Waals surface area contributed by atoms with Crippen molar-refractivity contribution < 1.29 is 28.5 Å². The number of aromatic nitrogens is 3. The average molecular weight is 580 g/mol. The van der Waals surface area contributed by atoms with E-state index >= 15 is 0 Å². The molecule has 0 bridgehead atoms. The lowest BCUT2D eigenvalue weighted by molar-refractivity contribution is -0.140. The SMILES string of the molecule is COc1ccc(NC(=O)C(c2ccc3c(c2)OCO3)N(Cc2ccccc2)C(=O)Cn2nnc3ccccc32)c(OC)c1. The summed E-state index contributed by atoms with van der Waals surface area (Å²) in [7, 11) is 3.06. The molecule has 2 amide bonds. The predicted molar refractivity (Wildman–Crippen MR) is 158 cm³/mol. The number of nitrogens with zero attached hydrogens (tertiary/aromatic N) is 4. The molecule has 11 heteroatoms. The molecule has 1 unspecified atom stereocenters. The normalized spacial score (nSPS) is 12.5. The molecule has 0 saturated carbocycles. The molecule has 0 radical (unpaired) electrons. The van der Waals surface area contributed by atoms with Gasteiger partial charge in [-0.05, 0) is 47.5 Å². The maximum absolute atomic E-state index is 14.3. The Morgan fingerprint density at radius 1 is 0.930 bits per heavy atom. The predicted octanol–water partition coefficient (Wildman–Crippen LogP) is 4.59. The zero-order valence-electron chi connectivity index (χ0n) is 23.6. The van der Waals surface area contributed by atoms with Crippen LogP contribution in [0.4, 0.5) is 5.69 Å². The third-order valence-electron chi connectivity index (χ3n) is 7.16. The summed E-state index contributed by atoms with van der Waals surface area (Å²) in [4.78, 5) is 30.1. The van der Waals surface area contributed by atoms with Crippen LogP contribution in [-0.2, 0) is 22.7 Å². The average Bonchev–Trinajstić information content (AvgIpc) is 3.68. The minimum absolute atomic E-state index is 0.0741. The summed E-state index contributed by atoms with van der Waals surface area (Å²) < 4.78 is 23.5. The minimum atomic E-state index is -1.07. The molecule has 0 aliphatic carbocycles. The molecule has 0 fully saturated rings. The molecule has 1 atom stereocenters. The van der Waals surface area contributed by atoms with Gasteiger partial charge in [0, 0.05) is 12.6 Å². The first-order valence-corrected chi connectivity index (χ1v) is 13.6. The van der Waals surface area contributed by atoms with Crippen LogP contribution in [0.15, 0.2) is 91.0 Å². The van der Waals surface area contributed by atoms with Gasteiger partial charge in [0.05, 0.1) is 25.4 Å². The van der Waals surface area contributed by atoms with Gasteiger partial charge in [0.2, 0.25) is 12.7 Å². The number of carbonyl (C=O) groups excluding carboxylic acids is 2. The van der Waals surface area contributed by atoms with E-state index in [-0.39, 0.29) is 25.8 Å². The third-order valence-corrected chi connectivity index (χ3v) is 7.16. The second-order valence-corrected chi connectivity index (χ2v) is 9.81. The van der Waals surface area contributed by atoms with E-state index in [1.54, 1.807) is 43.5 Å². The van der Waals surface area contributed by atoms with Gasteiger partial charge in [-0.1, -0.05) is 53.7 Å². The highest BCUT2D eigenvalue weighted by molar-refractivity contribution is 5.99. The van der Waals surface area contributed by atoms with Crippen molar-refractivity contribution in [3.63, 3.8) is 0 Å². The smallest absolute Gasteiger partial charge is 0.251 e. The van der Waals surface area contributed by atoms with Crippen LogP contribution in [0, 0.1) is 0 Å². The monoisotopic (exact) mass is 579 g/mol. The molecule has 218 valence electrons. The number of rotatable bonds is 10. The Bertz CT molecular complexity index is 1770. The molecule has 1 N–H and O–H groups in total. The van der Waals surface area contributed by atoms with Gasteiger partial charge in [-0.2, -0.15) is 0 Å². The number of para-hydroxylation sites is 1. The summed E-state index contributed by atoms with van der Waals surface area (Å²) in [6, 6.07) is 26.1.